The van der Waals surface area contributed by atoms with Gasteiger partial charge in [0.1, 0.15) is 5.00 Å². The molecule has 1 atom stereocenters. The van der Waals surface area contributed by atoms with Gasteiger partial charge in [0.15, 0.2) is 0 Å². The number of thiophene rings is 2. The second-order valence-electron chi connectivity index (χ2n) is 5.61. The summed E-state index contributed by atoms with van der Waals surface area (Å²) in [7, 11) is 0. The Kier molecular flexibility index (Phi) is 4.96. The van der Waals surface area contributed by atoms with Crippen molar-refractivity contribution < 1.29 is 9.59 Å². The molecule has 23 heavy (non-hydrogen) atoms. The quantitative estimate of drug-likeness (QED) is 0.665. The predicted molar refractivity (Wildman–Crippen MR) is 102 cm³/mol. The van der Waals surface area contributed by atoms with Crippen LogP contribution in [0.1, 0.15) is 43.8 Å². The van der Waals surface area contributed by atoms with E-state index >= 15 is 0 Å². The van der Waals surface area contributed by atoms with Gasteiger partial charge in [0, 0.05) is 9.35 Å². The van der Waals surface area contributed by atoms with Crippen molar-refractivity contribution in [3.8, 4) is 0 Å². The number of anilines is 1. The first kappa shape index (κ1) is 17.1. The van der Waals surface area contributed by atoms with Crippen LogP contribution in [-0.4, -0.2) is 11.8 Å². The summed E-state index contributed by atoms with van der Waals surface area (Å²) in [6, 6.07) is 1.75. The molecule has 1 aliphatic rings. The van der Waals surface area contributed by atoms with Gasteiger partial charge in [-0.25, -0.2) is 0 Å². The first-order chi connectivity index (χ1) is 10.9. The fourth-order valence-electron chi connectivity index (χ4n) is 2.72. The Balaban J connectivity index is 1.93. The molecule has 0 aliphatic heterocycles. The summed E-state index contributed by atoms with van der Waals surface area (Å²) in [5.41, 5.74) is 7.07. The molecule has 0 radical (unpaired) electrons. The summed E-state index contributed by atoms with van der Waals surface area (Å²) in [4.78, 5) is 26.1. The van der Waals surface area contributed by atoms with Gasteiger partial charge in [-0.15, -0.1) is 22.7 Å². The van der Waals surface area contributed by atoms with E-state index in [4.69, 9.17) is 5.73 Å². The number of rotatable bonds is 3. The van der Waals surface area contributed by atoms with Crippen molar-refractivity contribution in [1.82, 2.24) is 0 Å². The third-order valence-electron chi connectivity index (χ3n) is 3.85. The highest BCUT2D eigenvalue weighted by atomic mass is 79.9. The molecule has 3 N–H and O–H groups in total. The van der Waals surface area contributed by atoms with Crippen LogP contribution in [0.15, 0.2) is 14.3 Å². The van der Waals surface area contributed by atoms with E-state index in [1.54, 1.807) is 6.07 Å². The Labute approximate surface area is 158 Å². The molecule has 2 aromatic rings. The molecule has 0 unspecified atom stereocenters. The van der Waals surface area contributed by atoms with Gasteiger partial charge in [0.25, 0.3) is 11.8 Å². The van der Waals surface area contributed by atoms with E-state index < -0.39 is 5.91 Å². The van der Waals surface area contributed by atoms with Crippen molar-refractivity contribution in [2.75, 3.05) is 5.32 Å². The number of nitrogens with one attached hydrogen (secondary N) is 1. The lowest BCUT2D eigenvalue weighted by molar-refractivity contribution is 0.1000. The third kappa shape index (κ3) is 3.40. The average molecular weight is 478 g/mol. The first-order valence-electron chi connectivity index (χ1n) is 7.07. The van der Waals surface area contributed by atoms with Crippen LogP contribution in [0.4, 0.5) is 5.00 Å². The predicted octanol–water partition coefficient (Wildman–Crippen LogP) is 4.81. The minimum atomic E-state index is -0.471. The van der Waals surface area contributed by atoms with Gasteiger partial charge in [-0.3, -0.25) is 9.59 Å². The highest BCUT2D eigenvalue weighted by Crippen LogP contribution is 2.40. The Morgan fingerprint density at radius 2 is 2.09 bits per heavy atom. The van der Waals surface area contributed by atoms with E-state index in [1.165, 1.54) is 27.6 Å². The van der Waals surface area contributed by atoms with Crippen LogP contribution in [0.5, 0.6) is 0 Å². The van der Waals surface area contributed by atoms with Crippen LogP contribution in [0.25, 0.3) is 0 Å². The summed E-state index contributed by atoms with van der Waals surface area (Å²) in [6.07, 6.45) is 2.83. The number of primary amides is 1. The van der Waals surface area contributed by atoms with Gasteiger partial charge in [-0.05, 0) is 68.7 Å². The summed E-state index contributed by atoms with van der Waals surface area (Å²) in [5.74, 6) is -0.105. The highest BCUT2D eigenvalue weighted by molar-refractivity contribution is 9.13. The number of amides is 2. The lowest BCUT2D eigenvalue weighted by Gasteiger charge is -2.18. The fourth-order valence-corrected chi connectivity index (χ4v) is 6.06. The van der Waals surface area contributed by atoms with Gasteiger partial charge >= 0.3 is 0 Å². The maximum Gasteiger partial charge on any atom is 0.266 e. The second kappa shape index (κ2) is 6.66. The second-order valence-corrected chi connectivity index (χ2v) is 9.94. The van der Waals surface area contributed by atoms with Gasteiger partial charge < -0.3 is 11.1 Å². The molecule has 4 nitrogen and oxygen atoms in total. The van der Waals surface area contributed by atoms with Gasteiger partial charge in [0.05, 0.1) is 14.2 Å². The van der Waals surface area contributed by atoms with E-state index in [1.807, 2.05) is 0 Å². The van der Waals surface area contributed by atoms with Crippen LogP contribution < -0.4 is 11.1 Å². The fraction of sp³-hybridized carbons (Fsp3) is 0.333. The highest BCUT2D eigenvalue weighted by Gasteiger charge is 2.27. The molecule has 0 saturated heterocycles. The lowest BCUT2D eigenvalue weighted by atomic mass is 9.88. The number of carbonyl (C=O) groups is 2. The van der Waals surface area contributed by atoms with E-state index in [0.717, 1.165) is 33.1 Å². The Morgan fingerprint density at radius 1 is 1.35 bits per heavy atom. The van der Waals surface area contributed by atoms with Crippen molar-refractivity contribution in [2.45, 2.75) is 26.2 Å². The van der Waals surface area contributed by atoms with Gasteiger partial charge in [0.2, 0.25) is 0 Å². The molecule has 2 aromatic heterocycles. The number of halogens is 2. The van der Waals surface area contributed by atoms with Crippen LogP contribution in [-0.2, 0) is 12.8 Å². The Hall–Kier alpha value is -0.700. The molecule has 3 rings (SSSR count). The molecule has 0 spiro atoms. The number of carbonyl (C=O) groups excluding carboxylic acids is 2. The van der Waals surface area contributed by atoms with E-state index in [2.05, 4.69) is 44.1 Å². The first-order valence-corrected chi connectivity index (χ1v) is 10.3. The van der Waals surface area contributed by atoms with E-state index in [0.29, 0.717) is 21.4 Å². The van der Waals surface area contributed by atoms with E-state index in [9.17, 15) is 9.59 Å². The summed E-state index contributed by atoms with van der Waals surface area (Å²) in [5, 5.41) is 3.44. The van der Waals surface area contributed by atoms with Crippen molar-refractivity contribution >= 4 is 71.3 Å². The van der Waals surface area contributed by atoms with Crippen molar-refractivity contribution in [3.05, 3.63) is 35.2 Å². The standard InChI is InChI=1S/C15H14Br2N2O2S2/c1-6-2-3-7-9(4-6)23-15(11(7)13(18)20)19-14(21)10-5-8(16)12(17)22-10/h5-6H,2-4H2,1H3,(H2,18,20)(H,19,21)/t6-/m1/s1. The maximum atomic E-state index is 12.4. The maximum absolute atomic E-state index is 12.4. The summed E-state index contributed by atoms with van der Waals surface area (Å²) >= 11 is 9.57. The molecule has 0 saturated carbocycles. The van der Waals surface area contributed by atoms with Crippen LogP contribution >= 0.6 is 54.5 Å². The van der Waals surface area contributed by atoms with Crippen molar-refractivity contribution in [3.63, 3.8) is 0 Å². The van der Waals surface area contributed by atoms with E-state index in [-0.39, 0.29) is 5.91 Å². The minimum absolute atomic E-state index is 0.226. The monoisotopic (exact) mass is 476 g/mol. The molecule has 0 bridgehead atoms. The lowest BCUT2D eigenvalue weighted by Crippen LogP contribution is -2.19. The van der Waals surface area contributed by atoms with Crippen LogP contribution in [0.2, 0.25) is 0 Å². The molecule has 0 fully saturated rings. The molecule has 8 heteroatoms. The Morgan fingerprint density at radius 3 is 2.70 bits per heavy atom. The number of nitrogens with two attached hydrogens (primary N) is 1. The third-order valence-corrected chi connectivity index (χ3v) is 8.28. The summed E-state index contributed by atoms with van der Waals surface area (Å²) < 4.78 is 1.69. The normalized spacial score (nSPS) is 16.9. The number of fused-ring (bicyclic) bond motifs is 1. The Bertz CT molecular complexity index is 778. The van der Waals surface area contributed by atoms with Crippen molar-refractivity contribution in [2.24, 2.45) is 11.7 Å². The molecule has 1 aliphatic carbocycles. The molecule has 122 valence electrons. The molecular weight excluding hydrogens is 464 g/mol. The smallest absolute Gasteiger partial charge is 0.266 e. The van der Waals surface area contributed by atoms with Gasteiger partial charge in [-0.2, -0.15) is 0 Å². The number of hydrogen-bond acceptors (Lipinski definition) is 4. The summed E-state index contributed by atoms with van der Waals surface area (Å²) in [6.45, 7) is 2.20. The zero-order chi connectivity index (χ0) is 16.7. The zero-order valence-corrected chi connectivity index (χ0v) is 17.0. The molecule has 2 amide bonds. The molecular formula is C15H14Br2N2O2S2. The minimum Gasteiger partial charge on any atom is -0.365 e. The molecule has 2 heterocycles. The molecule has 0 aromatic carbocycles. The van der Waals surface area contributed by atoms with Crippen LogP contribution in [0, 0.1) is 5.92 Å². The largest absolute Gasteiger partial charge is 0.365 e. The number of hydrogen-bond donors (Lipinski definition) is 2. The average Bonchev–Trinajstić information content (AvgIpc) is 2.99. The zero-order valence-electron chi connectivity index (χ0n) is 12.2. The van der Waals surface area contributed by atoms with Crippen LogP contribution in [0.3, 0.4) is 0 Å². The SMILES string of the molecule is C[C@@H]1CCc2c(sc(NC(=O)c3cc(Br)c(Br)s3)c2C(N)=O)C1. The topological polar surface area (TPSA) is 72.2 Å². The van der Waals surface area contributed by atoms with Crippen molar-refractivity contribution in [1.29, 1.82) is 0 Å². The van der Waals surface area contributed by atoms with Gasteiger partial charge in [-0.1, -0.05) is 6.92 Å².